The van der Waals surface area contributed by atoms with Crippen LogP contribution in [0.2, 0.25) is 0 Å². The van der Waals surface area contributed by atoms with Gasteiger partial charge in [-0.05, 0) is 0 Å². The Morgan fingerprint density at radius 2 is 1.25 bits per heavy atom. The van der Waals surface area contributed by atoms with Gasteiger partial charge in [-0.25, -0.2) is 0 Å². The van der Waals surface area contributed by atoms with E-state index in [0.717, 1.165) is 18.3 Å². The van der Waals surface area contributed by atoms with E-state index in [1.54, 1.807) is 0 Å². The summed E-state index contributed by atoms with van der Waals surface area (Å²) in [6, 6.07) is 0. The lowest BCUT2D eigenvalue weighted by Gasteiger charge is -1.75. The second kappa shape index (κ2) is 0.861. The molecule has 0 aromatic rings. The van der Waals surface area contributed by atoms with Gasteiger partial charge in [0.05, 0.1) is 0 Å². The summed E-state index contributed by atoms with van der Waals surface area (Å²) < 4.78 is 0. The molecule has 1 rings (SSSR count). The Labute approximate surface area is 29.7 Å². The summed E-state index contributed by atoms with van der Waals surface area (Å²) in [5.41, 5.74) is 0. The van der Waals surface area contributed by atoms with Gasteiger partial charge in [-0.15, -0.1) is 0 Å². The highest BCUT2D eigenvalue weighted by Gasteiger charge is 1.66. The van der Waals surface area contributed by atoms with Crippen molar-refractivity contribution in [2.24, 2.45) is 0 Å². The maximum Gasteiger partial charge on any atom is 0.0101 e. The molecule has 0 amide bonds. The zero-order valence-electron chi connectivity index (χ0n) is 2.31. The average Bonchev–Trinajstić information content (AvgIpc) is 0.722. The molecule has 1 aliphatic rings. The van der Waals surface area contributed by atoms with Gasteiger partial charge in [-0.1, -0.05) is 10.6 Å². The van der Waals surface area contributed by atoms with E-state index in [2.05, 4.69) is 10.6 Å². The Kier molecular flexibility index (Phi) is 0.519. The summed E-state index contributed by atoms with van der Waals surface area (Å²) in [5.74, 6) is 0. The summed E-state index contributed by atoms with van der Waals surface area (Å²) in [4.78, 5) is 0. The van der Waals surface area contributed by atoms with Crippen molar-refractivity contribution in [3.63, 3.8) is 0 Å². The van der Waals surface area contributed by atoms with Crippen molar-refractivity contribution in [1.29, 1.82) is 0 Å². The van der Waals surface area contributed by atoms with Gasteiger partial charge in [-0.3, -0.25) is 0 Å². The topological polar surface area (TPSA) is 0 Å². The highest BCUT2D eigenvalue weighted by molar-refractivity contribution is 7.13. The molecule has 4 heavy (non-hydrogen) atoms. The summed E-state index contributed by atoms with van der Waals surface area (Å²) in [7, 11) is 1.50. The van der Waals surface area contributed by atoms with Crippen LogP contribution in [0.3, 0.4) is 0 Å². The molecule has 0 aromatic carbocycles. The Morgan fingerprint density at radius 1 is 1.00 bits per heavy atom. The second-order valence-electron chi connectivity index (χ2n) is 0.770. The molecule has 1 heterocycles. The third kappa shape index (κ3) is 0.172. The maximum absolute atomic E-state index is 2.42. The molecule has 0 fully saturated rings. The van der Waals surface area contributed by atoms with E-state index in [4.69, 9.17) is 0 Å². The minimum atomic E-state index is 0.750. The van der Waals surface area contributed by atoms with E-state index in [1.165, 1.54) is 0 Å². The predicted molar refractivity (Wildman–Crippen MR) is 26.4 cm³/mol. The molecule has 1 aliphatic heterocycles. The minimum absolute atomic E-state index is 0.750. The summed E-state index contributed by atoms with van der Waals surface area (Å²) in [6.07, 6.45) is 0. The van der Waals surface area contributed by atoms with Gasteiger partial charge >= 0.3 is 0 Å². The molecule has 0 bridgehead atoms. The average molecular weight is 84.2 g/mol. The van der Waals surface area contributed by atoms with E-state index in [9.17, 15) is 0 Å². The molecule has 0 saturated carbocycles. The van der Waals surface area contributed by atoms with Gasteiger partial charge in [0.2, 0.25) is 0 Å². The van der Waals surface area contributed by atoms with Crippen LogP contribution in [-0.2, 0) is 0 Å². The van der Waals surface area contributed by atoms with Crippen molar-refractivity contribution in [3.8, 4) is 0 Å². The lowest BCUT2D eigenvalue weighted by molar-refractivity contribution is 3.63. The third-order valence-electron chi connectivity index (χ3n) is 0.444. The molecule has 0 atom stereocenters. The van der Waals surface area contributed by atoms with E-state index in [0.29, 0.717) is 0 Å². The lowest BCUT2D eigenvalue weighted by Crippen LogP contribution is -2.04. The van der Waals surface area contributed by atoms with Crippen molar-refractivity contribution >= 4 is 28.9 Å². The van der Waals surface area contributed by atoms with Gasteiger partial charge in [-0.2, -0.15) is 0 Å². The van der Waals surface area contributed by atoms with E-state index < -0.39 is 0 Å². The standard InChI is InChI=1S/C2H4Si2/c1-3-2-4-1/h1-4H. The quantitative estimate of drug-likeness (QED) is 0.310. The van der Waals surface area contributed by atoms with Crippen LogP contribution < -0.4 is 0 Å². The highest BCUT2D eigenvalue weighted by atomic mass is 28.3. The molecule has 20 valence electrons. The Balaban J connectivity index is 2.67. The number of hydrogen-bond acceptors (Lipinski definition) is 0. The van der Waals surface area contributed by atoms with Crippen molar-refractivity contribution in [1.82, 2.24) is 0 Å². The van der Waals surface area contributed by atoms with Gasteiger partial charge in [0.1, 0.15) is 0 Å². The molecule has 0 aliphatic carbocycles. The van der Waals surface area contributed by atoms with Crippen LogP contribution in [0, 0.1) is 0 Å². The monoisotopic (exact) mass is 84.0 g/mol. The molecule has 0 nitrogen and oxygen atoms in total. The Morgan fingerprint density at radius 3 is 1.25 bits per heavy atom. The van der Waals surface area contributed by atoms with Gasteiger partial charge in [0.15, 0.2) is 0 Å². The van der Waals surface area contributed by atoms with Crippen LogP contribution in [0.25, 0.3) is 0 Å². The molecule has 0 spiro atoms. The number of rotatable bonds is 0. The molecule has 2 heteroatoms. The predicted octanol–water partition coefficient (Wildman–Crippen LogP) is -1.61. The smallest absolute Gasteiger partial charge is 0.0101 e. The second-order valence-corrected chi connectivity index (χ2v) is 4.62. The lowest BCUT2D eigenvalue weighted by atomic mass is 11.8. The molecule has 0 radical (unpaired) electrons. The molecule has 0 unspecified atom stereocenters. The fourth-order valence-electron chi connectivity index (χ4n) is 0.111. The number of hydrogen-bond donors (Lipinski definition) is 0. The van der Waals surface area contributed by atoms with Crippen LogP contribution in [0.15, 0.2) is 0 Å². The Bertz CT molecular complexity index is 44.4. The van der Waals surface area contributed by atoms with Crippen molar-refractivity contribution < 1.29 is 0 Å². The van der Waals surface area contributed by atoms with Crippen LogP contribution in [0.5, 0.6) is 0 Å². The zero-order valence-corrected chi connectivity index (χ0v) is 4.62. The minimum Gasteiger partial charge on any atom is -0.0992 e. The van der Waals surface area contributed by atoms with Gasteiger partial charge in [0.25, 0.3) is 0 Å². The van der Waals surface area contributed by atoms with E-state index in [1.807, 2.05) is 0 Å². The van der Waals surface area contributed by atoms with Crippen molar-refractivity contribution in [3.05, 3.63) is 0 Å². The zero-order chi connectivity index (χ0) is 2.83. The molecule has 0 N–H and O–H groups in total. The first-order chi connectivity index (χ1) is 2.00. The Hall–Kier alpha value is 0.174. The first-order valence-electron chi connectivity index (χ1n) is 1.33. The normalized spacial score (nSPS) is 16.0. The largest absolute Gasteiger partial charge is 0.0992 e. The molecular weight excluding hydrogens is 80.2 g/mol. The van der Waals surface area contributed by atoms with E-state index >= 15 is 0 Å². The first kappa shape index (κ1) is 2.41. The van der Waals surface area contributed by atoms with E-state index in [-0.39, 0.29) is 0 Å². The summed E-state index contributed by atoms with van der Waals surface area (Å²) in [5, 5.41) is 4.83. The highest BCUT2D eigenvalue weighted by Crippen LogP contribution is 1.38. The van der Waals surface area contributed by atoms with Crippen LogP contribution in [0.4, 0.5) is 0 Å². The summed E-state index contributed by atoms with van der Waals surface area (Å²) in [6.45, 7) is 0. The fraction of sp³-hybridized carbons (Fsp3) is 0. The summed E-state index contributed by atoms with van der Waals surface area (Å²) >= 11 is 0. The molecule has 0 aromatic heterocycles. The van der Waals surface area contributed by atoms with Crippen LogP contribution in [0.1, 0.15) is 0 Å². The van der Waals surface area contributed by atoms with Crippen LogP contribution >= 0.6 is 0 Å². The van der Waals surface area contributed by atoms with Crippen LogP contribution in [-0.4, -0.2) is 28.9 Å². The molecular formula is C2H4Si2. The van der Waals surface area contributed by atoms with Gasteiger partial charge in [0, 0.05) is 18.3 Å². The first-order valence-corrected chi connectivity index (χ1v) is 4.00. The van der Waals surface area contributed by atoms with Crippen molar-refractivity contribution in [2.75, 3.05) is 0 Å². The third-order valence-corrected chi connectivity index (χ3v) is 4.00. The van der Waals surface area contributed by atoms with Gasteiger partial charge < -0.3 is 0 Å². The molecule has 0 saturated heterocycles. The van der Waals surface area contributed by atoms with Crippen molar-refractivity contribution in [2.45, 2.75) is 0 Å². The SMILES string of the molecule is C1=[SiH]C=[SiH]1. The fourth-order valence-corrected chi connectivity index (χ4v) is 1.00. The maximum atomic E-state index is 2.42.